The third kappa shape index (κ3) is 10.4. The van der Waals surface area contributed by atoms with Crippen LogP contribution in [0.3, 0.4) is 0 Å². The lowest BCUT2D eigenvalue weighted by molar-refractivity contribution is -0.132. The van der Waals surface area contributed by atoms with Gasteiger partial charge in [-0.05, 0) is 95.8 Å². The summed E-state index contributed by atoms with van der Waals surface area (Å²) in [6.45, 7) is 24.5. The highest BCUT2D eigenvalue weighted by Gasteiger charge is 2.37. The minimum atomic E-state index is -3.57. The molecule has 258 valence electrons. The van der Waals surface area contributed by atoms with Crippen molar-refractivity contribution in [3.05, 3.63) is 87.5 Å². The Hall–Kier alpha value is -3.12. The number of ether oxygens (including phenoxy) is 2. The average Bonchev–Trinajstić information content (AvgIpc) is 3.32. The number of sulfone groups is 1. The number of fused-ring (bicyclic) bond motifs is 1. The third-order valence-corrected chi connectivity index (χ3v) is 10.7. The lowest BCUT2D eigenvalue weighted by atomic mass is 9.76. The molecule has 0 aliphatic carbocycles. The van der Waals surface area contributed by atoms with E-state index in [1.54, 1.807) is 12.1 Å². The van der Waals surface area contributed by atoms with Crippen molar-refractivity contribution in [2.24, 2.45) is 0 Å². The Bertz CT molecular complexity index is 1620. The summed E-state index contributed by atoms with van der Waals surface area (Å²) in [5.74, 6) is 1.22. The minimum absolute atomic E-state index is 0.0140. The van der Waals surface area contributed by atoms with E-state index in [9.17, 15) is 13.2 Å². The van der Waals surface area contributed by atoms with Crippen LogP contribution in [0.2, 0.25) is 0 Å². The van der Waals surface area contributed by atoms with Crippen LogP contribution in [0.4, 0.5) is 0 Å². The molecule has 0 radical (unpaired) electrons. The predicted molar refractivity (Wildman–Crippen MR) is 195 cm³/mol. The van der Waals surface area contributed by atoms with E-state index in [2.05, 4.69) is 73.6 Å². The monoisotopic (exact) mass is 662 g/mol. The molecular formula is C41H58O5S. The van der Waals surface area contributed by atoms with E-state index in [0.717, 1.165) is 71.3 Å². The second-order valence-corrected chi connectivity index (χ2v) is 17.9. The van der Waals surface area contributed by atoms with Gasteiger partial charge in [0.2, 0.25) is 0 Å². The molecule has 1 heterocycles. The summed E-state index contributed by atoms with van der Waals surface area (Å²) in [6, 6.07) is 9.24. The molecule has 2 atom stereocenters. The van der Waals surface area contributed by atoms with Crippen molar-refractivity contribution in [3.63, 3.8) is 0 Å². The summed E-state index contributed by atoms with van der Waals surface area (Å²) < 4.78 is 40.2. The van der Waals surface area contributed by atoms with Crippen LogP contribution in [-0.4, -0.2) is 25.7 Å². The highest BCUT2D eigenvalue weighted by atomic mass is 32.2. The number of esters is 1. The molecule has 0 saturated carbocycles. The van der Waals surface area contributed by atoms with Crippen molar-refractivity contribution < 1.29 is 22.7 Å². The third-order valence-electron chi connectivity index (χ3n) is 8.69. The van der Waals surface area contributed by atoms with Gasteiger partial charge in [-0.3, -0.25) is 4.79 Å². The fraction of sp³-hybridized carbons (Fsp3) is 0.537. The zero-order chi connectivity index (χ0) is 35.3. The summed E-state index contributed by atoms with van der Waals surface area (Å²) in [5.41, 5.74) is 7.08. The number of hydrogen-bond donors (Lipinski definition) is 0. The van der Waals surface area contributed by atoms with Gasteiger partial charge in [-0.2, -0.15) is 0 Å². The molecule has 0 spiro atoms. The molecule has 0 N–H and O–H groups in total. The minimum Gasteiger partial charge on any atom is -0.490 e. The molecule has 0 aromatic heterocycles. The Morgan fingerprint density at radius 2 is 1.57 bits per heavy atom. The molecule has 1 aliphatic heterocycles. The Kier molecular flexibility index (Phi) is 12.6. The summed E-state index contributed by atoms with van der Waals surface area (Å²) in [5, 5.41) is -0.634. The maximum atomic E-state index is 13.9. The van der Waals surface area contributed by atoms with Crippen molar-refractivity contribution in [3.8, 4) is 11.5 Å². The van der Waals surface area contributed by atoms with E-state index in [-0.39, 0.29) is 22.9 Å². The van der Waals surface area contributed by atoms with Gasteiger partial charge in [0.25, 0.3) is 0 Å². The molecule has 0 fully saturated rings. The number of allylic oxidation sites excluding steroid dienone is 5. The zero-order valence-electron chi connectivity index (χ0n) is 31.0. The predicted octanol–water partition coefficient (Wildman–Crippen LogP) is 10.5. The molecule has 1 aliphatic rings. The molecule has 0 amide bonds. The second kappa shape index (κ2) is 15.4. The van der Waals surface area contributed by atoms with Crippen molar-refractivity contribution >= 4 is 15.8 Å². The van der Waals surface area contributed by atoms with E-state index in [0.29, 0.717) is 17.1 Å². The molecular weight excluding hydrogens is 605 g/mol. The lowest BCUT2D eigenvalue weighted by Gasteiger charge is -2.30. The van der Waals surface area contributed by atoms with Crippen molar-refractivity contribution in [1.29, 1.82) is 0 Å². The Labute approximate surface area is 285 Å². The van der Waals surface area contributed by atoms with Gasteiger partial charge in [0, 0.05) is 30.0 Å². The van der Waals surface area contributed by atoms with Gasteiger partial charge in [0.15, 0.2) is 9.84 Å². The van der Waals surface area contributed by atoms with Gasteiger partial charge in [-0.1, -0.05) is 94.2 Å². The molecule has 0 saturated heterocycles. The van der Waals surface area contributed by atoms with Crippen LogP contribution in [0.1, 0.15) is 131 Å². The highest BCUT2D eigenvalue weighted by Crippen LogP contribution is 2.48. The maximum Gasteiger partial charge on any atom is 0.308 e. The van der Waals surface area contributed by atoms with E-state index in [1.165, 1.54) is 12.5 Å². The van der Waals surface area contributed by atoms with Gasteiger partial charge in [-0.15, -0.1) is 0 Å². The number of aryl methyl sites for hydroxylation is 1. The van der Waals surface area contributed by atoms with Crippen LogP contribution >= 0.6 is 0 Å². The molecule has 5 nitrogen and oxygen atoms in total. The summed E-state index contributed by atoms with van der Waals surface area (Å²) in [6.07, 6.45) is 10.8. The van der Waals surface area contributed by atoms with Gasteiger partial charge < -0.3 is 9.47 Å². The van der Waals surface area contributed by atoms with Crippen LogP contribution in [-0.2, 0) is 31.9 Å². The second-order valence-electron chi connectivity index (χ2n) is 15.7. The lowest BCUT2D eigenvalue weighted by Crippen LogP contribution is -2.22. The Morgan fingerprint density at radius 1 is 0.936 bits per heavy atom. The topological polar surface area (TPSA) is 69.7 Å². The van der Waals surface area contributed by atoms with E-state index >= 15 is 0 Å². The standard InChI is InChI=1S/C41H58O5S/c1-27(2)15-13-16-29(4)23-34(47(43,44)33-21-19-28(3)20-22-33)24-30(5)17-14-18-32-25-35-37(46-32)26-36(40(7,8)9)39(45-31(6)42)38(35)41(10,11)12/h15,17,19-23,26,32,34H,13-14,16,18,24-25H2,1-12H3/b29-23+,30-17+. The van der Waals surface area contributed by atoms with Crippen LogP contribution in [0.15, 0.2) is 70.2 Å². The Balaban J connectivity index is 1.84. The number of rotatable bonds is 12. The first-order valence-electron chi connectivity index (χ1n) is 17.0. The first kappa shape index (κ1) is 38.3. The molecule has 47 heavy (non-hydrogen) atoms. The Morgan fingerprint density at radius 3 is 2.13 bits per heavy atom. The first-order chi connectivity index (χ1) is 21.7. The molecule has 2 aromatic rings. The molecule has 3 rings (SSSR count). The normalized spacial score (nSPS) is 16.4. The average molecular weight is 663 g/mol. The van der Waals surface area contributed by atoms with Crippen molar-refractivity contribution in [1.82, 2.24) is 0 Å². The van der Waals surface area contributed by atoms with Crippen LogP contribution in [0.25, 0.3) is 0 Å². The van der Waals surface area contributed by atoms with Crippen LogP contribution in [0, 0.1) is 6.92 Å². The summed E-state index contributed by atoms with van der Waals surface area (Å²) >= 11 is 0. The fourth-order valence-electron chi connectivity index (χ4n) is 6.26. The molecule has 2 aromatic carbocycles. The number of carbonyl (C=O) groups excluding carboxylic acids is 1. The molecule has 2 unspecified atom stereocenters. The molecule has 6 heteroatoms. The smallest absolute Gasteiger partial charge is 0.308 e. The number of benzene rings is 2. The first-order valence-corrected chi connectivity index (χ1v) is 18.6. The van der Waals surface area contributed by atoms with Crippen LogP contribution < -0.4 is 9.47 Å². The van der Waals surface area contributed by atoms with Crippen LogP contribution in [0.5, 0.6) is 11.5 Å². The van der Waals surface area contributed by atoms with E-state index < -0.39 is 15.1 Å². The number of carbonyl (C=O) groups is 1. The maximum absolute atomic E-state index is 13.9. The SMILES string of the molecule is CC(=O)Oc1c(C(C)(C)C)cc2c(c1C(C)(C)C)CC(CC/C=C(\C)CC(/C=C(\C)CCC=C(C)C)S(=O)(=O)c1ccc(C)cc1)O2. The van der Waals surface area contributed by atoms with Crippen molar-refractivity contribution in [2.75, 3.05) is 0 Å². The van der Waals surface area contributed by atoms with Crippen molar-refractivity contribution in [2.45, 2.75) is 149 Å². The van der Waals surface area contributed by atoms with E-state index in [4.69, 9.17) is 9.47 Å². The quantitative estimate of drug-likeness (QED) is 0.129. The summed E-state index contributed by atoms with van der Waals surface area (Å²) in [4.78, 5) is 12.6. The largest absolute Gasteiger partial charge is 0.490 e. The van der Waals surface area contributed by atoms with E-state index in [1.807, 2.05) is 39.0 Å². The molecule has 0 bridgehead atoms. The number of hydrogen-bond acceptors (Lipinski definition) is 5. The van der Waals surface area contributed by atoms with Gasteiger partial charge in [-0.25, -0.2) is 8.42 Å². The highest BCUT2D eigenvalue weighted by molar-refractivity contribution is 7.92. The fourth-order valence-corrected chi connectivity index (χ4v) is 8.02. The van der Waals surface area contributed by atoms with Gasteiger partial charge >= 0.3 is 5.97 Å². The van der Waals surface area contributed by atoms with Gasteiger partial charge in [0.1, 0.15) is 17.6 Å². The van der Waals surface area contributed by atoms with Gasteiger partial charge in [0.05, 0.1) is 10.1 Å². The zero-order valence-corrected chi connectivity index (χ0v) is 31.8. The summed E-state index contributed by atoms with van der Waals surface area (Å²) in [7, 11) is -3.57.